The van der Waals surface area contributed by atoms with Gasteiger partial charge in [-0.1, -0.05) is 71.8 Å². The molecule has 1 saturated carbocycles. The lowest BCUT2D eigenvalue weighted by molar-refractivity contribution is -0.121. The van der Waals surface area contributed by atoms with Crippen LogP contribution < -0.4 is 10.6 Å². The Kier molecular flexibility index (Phi) is 10.7. The molecule has 2 aliphatic rings. The van der Waals surface area contributed by atoms with E-state index in [9.17, 15) is 9.59 Å². The number of hydrogen-bond acceptors (Lipinski definition) is 3. The number of amides is 2. The average molecular weight is 505 g/mol. The van der Waals surface area contributed by atoms with E-state index in [1.54, 1.807) is 0 Å². The molecular weight excluding hydrogens is 460 g/mol. The number of aromatic nitrogens is 2. The van der Waals surface area contributed by atoms with Gasteiger partial charge in [-0.25, -0.2) is 4.98 Å². The van der Waals surface area contributed by atoms with E-state index in [1.165, 1.54) is 12.8 Å². The fourth-order valence-electron chi connectivity index (χ4n) is 4.35. The van der Waals surface area contributed by atoms with Gasteiger partial charge in [-0.3, -0.25) is 9.59 Å². The number of hydrogen-bond donors (Lipinski definition) is 3. The highest BCUT2D eigenvalue weighted by Gasteiger charge is 2.24. The fraction of sp³-hybridized carbons (Fsp3) is 0.516. The Morgan fingerprint density at radius 3 is 2.49 bits per heavy atom. The van der Waals surface area contributed by atoms with Gasteiger partial charge in [-0.05, 0) is 62.1 Å². The third-order valence-corrected chi connectivity index (χ3v) is 6.97. The Morgan fingerprint density at radius 1 is 1.08 bits per heavy atom. The molecule has 2 aliphatic carbocycles. The summed E-state index contributed by atoms with van der Waals surface area (Å²) < 4.78 is 0. The monoisotopic (exact) mass is 504 g/mol. The summed E-state index contributed by atoms with van der Waals surface area (Å²) in [5.41, 5.74) is 4.15. The lowest BCUT2D eigenvalue weighted by atomic mass is 9.82. The second-order valence-corrected chi connectivity index (χ2v) is 10.8. The number of carbonyl (C=O) groups excluding carboxylic acids is 2. The maximum Gasteiger partial charge on any atom is 0.247 e. The van der Waals surface area contributed by atoms with E-state index in [0.29, 0.717) is 18.9 Å². The quantitative estimate of drug-likeness (QED) is 0.373. The summed E-state index contributed by atoms with van der Waals surface area (Å²) in [6.45, 7) is 11.4. The second kappa shape index (κ2) is 14.0. The number of benzene rings is 1. The van der Waals surface area contributed by atoms with Crippen LogP contribution in [0.3, 0.4) is 0 Å². The minimum atomic E-state index is -0.0248. The van der Waals surface area contributed by atoms with Gasteiger partial charge in [0, 0.05) is 29.3 Å². The van der Waals surface area contributed by atoms with Crippen molar-refractivity contribution in [3.8, 4) is 0 Å². The topological polar surface area (TPSA) is 86.9 Å². The Bertz CT molecular complexity index is 1150. The van der Waals surface area contributed by atoms with Gasteiger partial charge in [0.2, 0.25) is 11.8 Å². The standard InChI is InChI=1S/C27H34N4O2.C4H10/c1-17(2)16-28-26(32)20-6-4-5-19(11-12-20)25-30-23-14-13-22(15-24(23)31-25)29-27(33)21-9-7-18(3)8-10-21;1-3-4-2/h4-5,11-15,17-18,21H,6-10,16H2,1-3H3,(H,28,32)(H,29,33)(H,30,31);3-4H2,1-2H3. The van der Waals surface area contributed by atoms with Crippen molar-refractivity contribution in [3.63, 3.8) is 0 Å². The summed E-state index contributed by atoms with van der Waals surface area (Å²) in [5.74, 6) is 2.08. The molecule has 0 radical (unpaired) electrons. The SMILES string of the molecule is CC(C)CNC(=O)C1=CC=C(c2nc3ccc(NC(=O)C4CCC(C)CC4)cc3[nH]2)C=CC1.CCCC. The zero-order valence-corrected chi connectivity index (χ0v) is 23.2. The number of imidazole rings is 1. The van der Waals surface area contributed by atoms with E-state index in [-0.39, 0.29) is 17.7 Å². The first-order valence-electron chi connectivity index (χ1n) is 14.0. The Morgan fingerprint density at radius 2 is 1.81 bits per heavy atom. The first-order chi connectivity index (χ1) is 17.8. The van der Waals surface area contributed by atoms with Crippen LogP contribution in [0.15, 0.2) is 48.1 Å². The van der Waals surface area contributed by atoms with E-state index in [2.05, 4.69) is 50.2 Å². The third kappa shape index (κ3) is 8.44. The Labute approximate surface area is 222 Å². The molecule has 0 atom stereocenters. The molecule has 1 aromatic carbocycles. The minimum absolute atomic E-state index is 0.0248. The Balaban J connectivity index is 0.000000886. The fourth-order valence-corrected chi connectivity index (χ4v) is 4.35. The lowest BCUT2D eigenvalue weighted by Crippen LogP contribution is -2.28. The van der Waals surface area contributed by atoms with Gasteiger partial charge in [0.05, 0.1) is 11.0 Å². The minimum Gasteiger partial charge on any atom is -0.352 e. The van der Waals surface area contributed by atoms with Crippen molar-refractivity contribution >= 4 is 34.1 Å². The van der Waals surface area contributed by atoms with Gasteiger partial charge in [0.15, 0.2) is 0 Å². The van der Waals surface area contributed by atoms with Gasteiger partial charge in [0.1, 0.15) is 5.82 Å². The first kappa shape index (κ1) is 28.4. The molecule has 6 nitrogen and oxygen atoms in total. The van der Waals surface area contributed by atoms with Crippen LogP contribution in [0.2, 0.25) is 0 Å². The van der Waals surface area contributed by atoms with Crippen molar-refractivity contribution in [3.05, 3.63) is 53.9 Å². The highest BCUT2D eigenvalue weighted by atomic mass is 16.2. The van der Waals surface area contributed by atoms with Crippen LogP contribution in [-0.2, 0) is 9.59 Å². The molecule has 2 amide bonds. The van der Waals surface area contributed by atoms with E-state index >= 15 is 0 Å². The van der Waals surface area contributed by atoms with Crippen molar-refractivity contribution in [2.75, 3.05) is 11.9 Å². The number of rotatable bonds is 7. The van der Waals surface area contributed by atoms with Crippen LogP contribution in [0, 0.1) is 17.8 Å². The molecule has 6 heteroatoms. The summed E-state index contributed by atoms with van der Waals surface area (Å²) >= 11 is 0. The molecule has 0 bridgehead atoms. The van der Waals surface area contributed by atoms with Crippen LogP contribution >= 0.6 is 0 Å². The van der Waals surface area contributed by atoms with Gasteiger partial charge in [-0.2, -0.15) is 0 Å². The molecule has 1 heterocycles. The number of allylic oxidation sites excluding steroid dienone is 5. The van der Waals surface area contributed by atoms with Crippen molar-refractivity contribution < 1.29 is 9.59 Å². The average Bonchev–Trinajstić information content (AvgIpc) is 3.15. The maximum absolute atomic E-state index is 12.7. The van der Waals surface area contributed by atoms with Gasteiger partial charge >= 0.3 is 0 Å². The molecular formula is C31H44N4O2. The molecule has 0 unspecified atom stereocenters. The smallest absolute Gasteiger partial charge is 0.247 e. The molecule has 0 aliphatic heterocycles. The van der Waals surface area contributed by atoms with Crippen LogP contribution in [0.4, 0.5) is 5.69 Å². The summed E-state index contributed by atoms with van der Waals surface area (Å²) in [7, 11) is 0. The predicted molar refractivity (Wildman–Crippen MR) is 154 cm³/mol. The summed E-state index contributed by atoms with van der Waals surface area (Å²) in [5, 5.41) is 6.06. The molecule has 1 aromatic heterocycles. The van der Waals surface area contributed by atoms with Gasteiger partial charge in [0.25, 0.3) is 0 Å². The van der Waals surface area contributed by atoms with Gasteiger partial charge < -0.3 is 15.6 Å². The highest BCUT2D eigenvalue weighted by molar-refractivity contribution is 5.96. The van der Waals surface area contributed by atoms with E-state index in [0.717, 1.165) is 65.3 Å². The Hall–Kier alpha value is -3.15. The molecule has 3 N–H and O–H groups in total. The summed E-state index contributed by atoms with van der Waals surface area (Å²) in [6, 6.07) is 5.77. The van der Waals surface area contributed by atoms with Crippen LogP contribution in [0.1, 0.15) is 85.4 Å². The maximum atomic E-state index is 12.7. The van der Waals surface area contributed by atoms with Crippen molar-refractivity contribution in [2.24, 2.45) is 17.8 Å². The molecule has 0 saturated heterocycles. The van der Waals surface area contributed by atoms with Crippen molar-refractivity contribution in [1.29, 1.82) is 0 Å². The van der Waals surface area contributed by atoms with Crippen LogP contribution in [0.25, 0.3) is 16.6 Å². The van der Waals surface area contributed by atoms with Crippen molar-refractivity contribution in [1.82, 2.24) is 15.3 Å². The number of unbranched alkanes of at least 4 members (excludes halogenated alkanes) is 1. The third-order valence-electron chi connectivity index (χ3n) is 6.97. The number of anilines is 1. The largest absolute Gasteiger partial charge is 0.352 e. The second-order valence-electron chi connectivity index (χ2n) is 10.8. The first-order valence-corrected chi connectivity index (χ1v) is 14.0. The number of nitrogens with one attached hydrogen (secondary N) is 3. The zero-order valence-electron chi connectivity index (χ0n) is 23.2. The highest BCUT2D eigenvalue weighted by Crippen LogP contribution is 2.30. The summed E-state index contributed by atoms with van der Waals surface area (Å²) in [6.07, 6.45) is 15.2. The molecule has 0 spiro atoms. The number of H-pyrrole nitrogens is 1. The number of aromatic amines is 1. The molecule has 200 valence electrons. The number of nitrogens with zero attached hydrogens (tertiary/aromatic N) is 1. The van der Waals surface area contributed by atoms with Crippen molar-refractivity contribution in [2.45, 2.75) is 79.6 Å². The molecule has 1 fully saturated rings. The molecule has 37 heavy (non-hydrogen) atoms. The van der Waals surface area contributed by atoms with Crippen LogP contribution in [0.5, 0.6) is 0 Å². The molecule has 2 aromatic rings. The van der Waals surface area contributed by atoms with E-state index < -0.39 is 0 Å². The van der Waals surface area contributed by atoms with E-state index in [1.807, 2.05) is 42.5 Å². The lowest BCUT2D eigenvalue weighted by Gasteiger charge is -2.25. The number of carbonyl (C=O) groups is 2. The molecule has 4 rings (SSSR count). The van der Waals surface area contributed by atoms with E-state index in [4.69, 9.17) is 4.98 Å². The predicted octanol–water partition coefficient (Wildman–Crippen LogP) is 7.18. The normalized spacial score (nSPS) is 19.4. The zero-order chi connectivity index (χ0) is 26.8. The summed E-state index contributed by atoms with van der Waals surface area (Å²) in [4.78, 5) is 33.1. The van der Waals surface area contributed by atoms with Crippen LogP contribution in [-0.4, -0.2) is 28.3 Å². The van der Waals surface area contributed by atoms with Gasteiger partial charge in [-0.15, -0.1) is 0 Å². The number of fused-ring (bicyclic) bond motifs is 1.